The molecule has 3 heteroatoms. The van der Waals surface area contributed by atoms with E-state index in [9.17, 15) is 4.79 Å². The summed E-state index contributed by atoms with van der Waals surface area (Å²) in [4.78, 5) is 14.3. The number of rotatable bonds is 3. The lowest BCUT2D eigenvalue weighted by Crippen LogP contribution is -2.40. The molecule has 0 atom stereocenters. The quantitative estimate of drug-likeness (QED) is 0.806. The van der Waals surface area contributed by atoms with Crippen molar-refractivity contribution in [1.29, 1.82) is 0 Å². The number of carbonyl (C=O) groups excluding carboxylic acids is 1. The maximum Gasteiger partial charge on any atom is 0.228 e. The fraction of sp³-hybridized carbons (Fsp3) is 0.643. The van der Waals surface area contributed by atoms with Crippen molar-refractivity contribution in [1.82, 2.24) is 4.90 Å². The van der Waals surface area contributed by atoms with Crippen LogP contribution in [0.2, 0.25) is 0 Å². The molecule has 1 amide bonds. The SMILES string of the molecule is Cc1ccc(CN(C(=O)C(C)(C)C)C2CC2)o1. The molecule has 3 nitrogen and oxygen atoms in total. The van der Waals surface area contributed by atoms with Crippen LogP contribution in [0.25, 0.3) is 0 Å². The Morgan fingerprint density at radius 3 is 2.47 bits per heavy atom. The van der Waals surface area contributed by atoms with E-state index in [1.165, 1.54) is 0 Å². The van der Waals surface area contributed by atoms with E-state index in [1.807, 2.05) is 44.7 Å². The van der Waals surface area contributed by atoms with Gasteiger partial charge in [-0.3, -0.25) is 4.79 Å². The van der Waals surface area contributed by atoms with Gasteiger partial charge in [-0.2, -0.15) is 0 Å². The first kappa shape index (κ1) is 12.2. The highest BCUT2D eigenvalue weighted by Gasteiger charge is 2.37. The normalized spacial score (nSPS) is 16.0. The zero-order valence-electron chi connectivity index (χ0n) is 11.1. The predicted octanol–water partition coefficient (Wildman–Crippen LogP) is 3.13. The summed E-state index contributed by atoms with van der Waals surface area (Å²) in [6, 6.07) is 4.33. The third kappa shape index (κ3) is 2.90. The highest BCUT2D eigenvalue weighted by Crippen LogP contribution is 2.32. The molecule has 1 saturated carbocycles. The van der Waals surface area contributed by atoms with Crippen molar-refractivity contribution in [2.24, 2.45) is 5.41 Å². The van der Waals surface area contributed by atoms with E-state index in [0.717, 1.165) is 24.4 Å². The maximum absolute atomic E-state index is 12.3. The maximum atomic E-state index is 12.3. The lowest BCUT2D eigenvalue weighted by molar-refractivity contribution is -0.141. The van der Waals surface area contributed by atoms with Crippen LogP contribution in [0.3, 0.4) is 0 Å². The van der Waals surface area contributed by atoms with E-state index in [1.54, 1.807) is 0 Å². The lowest BCUT2D eigenvalue weighted by atomic mass is 9.94. The van der Waals surface area contributed by atoms with Crippen molar-refractivity contribution < 1.29 is 9.21 Å². The summed E-state index contributed by atoms with van der Waals surface area (Å²) in [6.07, 6.45) is 2.25. The van der Waals surface area contributed by atoms with Crippen molar-refractivity contribution in [2.45, 2.75) is 53.1 Å². The molecule has 1 aliphatic carbocycles. The van der Waals surface area contributed by atoms with Gasteiger partial charge in [-0.05, 0) is 31.9 Å². The minimum absolute atomic E-state index is 0.217. The monoisotopic (exact) mass is 235 g/mol. The molecule has 1 aromatic heterocycles. The first-order valence-electron chi connectivity index (χ1n) is 6.24. The fourth-order valence-electron chi connectivity index (χ4n) is 1.92. The smallest absolute Gasteiger partial charge is 0.228 e. The molecule has 2 rings (SSSR count). The van der Waals surface area contributed by atoms with Gasteiger partial charge in [0.1, 0.15) is 11.5 Å². The van der Waals surface area contributed by atoms with E-state index in [2.05, 4.69) is 0 Å². The largest absolute Gasteiger partial charge is 0.464 e. The number of hydrogen-bond acceptors (Lipinski definition) is 2. The number of nitrogens with zero attached hydrogens (tertiary/aromatic N) is 1. The van der Waals surface area contributed by atoms with Crippen LogP contribution in [0.4, 0.5) is 0 Å². The third-order valence-electron chi connectivity index (χ3n) is 3.01. The number of hydrogen-bond donors (Lipinski definition) is 0. The summed E-state index contributed by atoms with van der Waals surface area (Å²) >= 11 is 0. The molecule has 1 aromatic rings. The van der Waals surface area contributed by atoms with Gasteiger partial charge in [0.15, 0.2) is 0 Å². The van der Waals surface area contributed by atoms with E-state index in [0.29, 0.717) is 12.6 Å². The Kier molecular flexibility index (Phi) is 3.02. The molecule has 94 valence electrons. The van der Waals surface area contributed by atoms with Gasteiger partial charge in [-0.1, -0.05) is 20.8 Å². The molecule has 0 bridgehead atoms. The van der Waals surface area contributed by atoms with Crippen molar-refractivity contribution >= 4 is 5.91 Å². The third-order valence-corrected chi connectivity index (χ3v) is 3.01. The Morgan fingerprint density at radius 1 is 1.41 bits per heavy atom. The van der Waals surface area contributed by atoms with Crippen molar-refractivity contribution in [3.05, 3.63) is 23.7 Å². The Labute approximate surface area is 103 Å². The van der Waals surface area contributed by atoms with Gasteiger partial charge in [-0.15, -0.1) is 0 Å². The van der Waals surface area contributed by atoms with Crippen LogP contribution in [-0.4, -0.2) is 16.8 Å². The molecule has 0 N–H and O–H groups in total. The number of carbonyl (C=O) groups is 1. The Bertz CT molecular complexity index is 410. The number of amides is 1. The van der Waals surface area contributed by atoms with Gasteiger partial charge in [0, 0.05) is 11.5 Å². The number of aryl methyl sites for hydroxylation is 1. The van der Waals surface area contributed by atoms with Crippen LogP contribution in [0, 0.1) is 12.3 Å². The minimum atomic E-state index is -0.315. The summed E-state index contributed by atoms with van der Waals surface area (Å²) in [5.74, 6) is 2.00. The molecule has 1 aliphatic rings. The lowest BCUT2D eigenvalue weighted by Gasteiger charge is -2.28. The topological polar surface area (TPSA) is 33.5 Å². The average Bonchev–Trinajstić information content (AvgIpc) is 2.97. The molecule has 0 aliphatic heterocycles. The summed E-state index contributed by atoms with van der Waals surface area (Å²) in [5.41, 5.74) is -0.315. The molecular weight excluding hydrogens is 214 g/mol. The van der Waals surface area contributed by atoms with Crippen molar-refractivity contribution in [2.75, 3.05) is 0 Å². The van der Waals surface area contributed by atoms with Crippen LogP contribution in [0.15, 0.2) is 16.5 Å². The Morgan fingerprint density at radius 2 is 2.06 bits per heavy atom. The molecule has 0 unspecified atom stereocenters. The Hall–Kier alpha value is -1.25. The second kappa shape index (κ2) is 4.21. The average molecular weight is 235 g/mol. The summed E-state index contributed by atoms with van der Waals surface area (Å²) in [5, 5.41) is 0. The van der Waals surface area contributed by atoms with Crippen LogP contribution >= 0.6 is 0 Å². The molecule has 1 heterocycles. The molecule has 0 radical (unpaired) electrons. The minimum Gasteiger partial charge on any atom is -0.464 e. The van der Waals surface area contributed by atoms with Gasteiger partial charge >= 0.3 is 0 Å². The van der Waals surface area contributed by atoms with E-state index in [-0.39, 0.29) is 11.3 Å². The first-order valence-corrected chi connectivity index (χ1v) is 6.24. The van der Waals surface area contributed by atoms with Crippen LogP contribution < -0.4 is 0 Å². The Balaban J connectivity index is 2.10. The predicted molar refractivity (Wildman–Crippen MR) is 66.5 cm³/mol. The summed E-state index contributed by atoms with van der Waals surface area (Å²) in [7, 11) is 0. The highest BCUT2D eigenvalue weighted by molar-refractivity contribution is 5.82. The number of furan rings is 1. The first-order chi connectivity index (χ1) is 7.88. The zero-order valence-corrected chi connectivity index (χ0v) is 11.1. The van der Waals surface area contributed by atoms with Crippen LogP contribution in [-0.2, 0) is 11.3 Å². The van der Waals surface area contributed by atoms with E-state index >= 15 is 0 Å². The molecule has 0 spiro atoms. The molecule has 0 saturated heterocycles. The molecule has 0 aromatic carbocycles. The molecular formula is C14H21NO2. The summed E-state index contributed by atoms with van der Waals surface area (Å²) in [6.45, 7) is 8.44. The van der Waals surface area contributed by atoms with Crippen molar-refractivity contribution in [3.8, 4) is 0 Å². The zero-order chi connectivity index (χ0) is 12.6. The van der Waals surface area contributed by atoms with Gasteiger partial charge in [0.05, 0.1) is 6.54 Å². The van der Waals surface area contributed by atoms with Gasteiger partial charge in [0.2, 0.25) is 5.91 Å². The van der Waals surface area contributed by atoms with E-state index in [4.69, 9.17) is 4.42 Å². The van der Waals surface area contributed by atoms with Gasteiger partial charge < -0.3 is 9.32 Å². The second-order valence-electron chi connectivity index (χ2n) is 5.93. The molecule has 1 fully saturated rings. The molecule has 17 heavy (non-hydrogen) atoms. The van der Waals surface area contributed by atoms with Crippen LogP contribution in [0.5, 0.6) is 0 Å². The summed E-state index contributed by atoms with van der Waals surface area (Å²) < 4.78 is 5.56. The van der Waals surface area contributed by atoms with Gasteiger partial charge in [-0.25, -0.2) is 0 Å². The van der Waals surface area contributed by atoms with Crippen LogP contribution in [0.1, 0.15) is 45.1 Å². The van der Waals surface area contributed by atoms with E-state index < -0.39 is 0 Å². The standard InChI is InChI=1S/C14H21NO2/c1-10-5-8-12(17-10)9-15(11-6-7-11)13(16)14(2,3)4/h5,8,11H,6-7,9H2,1-4H3. The van der Waals surface area contributed by atoms with Crippen molar-refractivity contribution in [3.63, 3.8) is 0 Å². The highest BCUT2D eigenvalue weighted by atomic mass is 16.3. The fourth-order valence-corrected chi connectivity index (χ4v) is 1.92. The second-order valence-corrected chi connectivity index (χ2v) is 5.93. The van der Waals surface area contributed by atoms with Gasteiger partial charge in [0.25, 0.3) is 0 Å².